The Bertz CT molecular complexity index is 1230. The first-order valence-corrected chi connectivity index (χ1v) is 8.75. The number of aromatic nitrogens is 2. The summed E-state index contributed by atoms with van der Waals surface area (Å²) in [6.07, 6.45) is 0. The summed E-state index contributed by atoms with van der Waals surface area (Å²) in [5, 5.41) is 22.3. The quantitative estimate of drug-likeness (QED) is 0.291. The predicted molar refractivity (Wildman–Crippen MR) is 109 cm³/mol. The fourth-order valence-corrected chi connectivity index (χ4v) is 2.83. The number of nitro benzene ring substituents is 1. The summed E-state index contributed by atoms with van der Waals surface area (Å²) in [6.45, 7) is 0. The minimum atomic E-state index is -0.475. The fraction of sp³-hybridized carbons (Fsp3) is 0. The van der Waals surface area contributed by atoms with Gasteiger partial charge in [0.2, 0.25) is 0 Å². The Morgan fingerprint density at radius 3 is 2.07 bits per heavy atom. The Balaban J connectivity index is 1.85. The van der Waals surface area contributed by atoms with Crippen LogP contribution < -0.4 is 5.56 Å². The van der Waals surface area contributed by atoms with Gasteiger partial charge in [0.15, 0.2) is 5.69 Å². The van der Waals surface area contributed by atoms with Gasteiger partial charge in [0.05, 0.1) is 22.0 Å². The van der Waals surface area contributed by atoms with E-state index in [1.807, 2.05) is 36.4 Å². The van der Waals surface area contributed by atoms with Crippen molar-refractivity contribution in [3.8, 4) is 16.9 Å². The van der Waals surface area contributed by atoms with Crippen LogP contribution in [-0.2, 0) is 0 Å². The van der Waals surface area contributed by atoms with Crippen LogP contribution in [0.3, 0.4) is 0 Å². The van der Waals surface area contributed by atoms with Crippen LogP contribution in [0.1, 0.15) is 0 Å². The van der Waals surface area contributed by atoms with Gasteiger partial charge in [-0.2, -0.15) is 5.11 Å². The van der Waals surface area contributed by atoms with E-state index in [-0.39, 0.29) is 16.9 Å². The molecule has 0 aliphatic rings. The van der Waals surface area contributed by atoms with Crippen molar-refractivity contribution in [3.63, 3.8) is 0 Å². The van der Waals surface area contributed by atoms with E-state index >= 15 is 0 Å². The molecule has 1 N–H and O–H groups in total. The molecule has 0 bridgehead atoms. The number of benzene rings is 3. The summed E-state index contributed by atoms with van der Waals surface area (Å²) >= 11 is 0. The highest BCUT2D eigenvalue weighted by atomic mass is 16.6. The molecule has 0 unspecified atom stereocenters. The second-order valence-electron chi connectivity index (χ2n) is 6.15. The molecule has 8 heteroatoms. The molecule has 1 heterocycles. The van der Waals surface area contributed by atoms with Crippen LogP contribution in [0, 0.1) is 10.1 Å². The van der Waals surface area contributed by atoms with E-state index in [0.29, 0.717) is 22.6 Å². The molecule has 29 heavy (non-hydrogen) atoms. The zero-order valence-corrected chi connectivity index (χ0v) is 15.1. The Labute approximate surface area is 164 Å². The molecule has 0 aliphatic heterocycles. The van der Waals surface area contributed by atoms with Gasteiger partial charge in [0.1, 0.15) is 0 Å². The number of nitro groups is 1. The largest absolute Gasteiger partial charge is 0.299 e. The average Bonchev–Trinajstić information content (AvgIpc) is 3.10. The second kappa shape index (κ2) is 7.73. The van der Waals surface area contributed by atoms with Gasteiger partial charge < -0.3 is 0 Å². The van der Waals surface area contributed by atoms with Crippen LogP contribution in [0.4, 0.5) is 17.1 Å². The molecule has 0 atom stereocenters. The molecule has 8 nitrogen and oxygen atoms in total. The van der Waals surface area contributed by atoms with Gasteiger partial charge in [0.25, 0.3) is 11.2 Å². The summed E-state index contributed by atoms with van der Waals surface area (Å²) in [5.41, 5.74) is 1.97. The molecular formula is C21H15N5O3. The zero-order chi connectivity index (χ0) is 20.2. The maximum Gasteiger partial charge on any atom is 0.299 e. The van der Waals surface area contributed by atoms with E-state index in [9.17, 15) is 14.9 Å². The van der Waals surface area contributed by atoms with Crippen molar-refractivity contribution in [1.29, 1.82) is 0 Å². The van der Waals surface area contributed by atoms with Crippen molar-refractivity contribution in [2.24, 2.45) is 10.2 Å². The van der Waals surface area contributed by atoms with Gasteiger partial charge in [-0.05, 0) is 36.4 Å². The number of nitrogens with one attached hydrogen (secondary N) is 1. The van der Waals surface area contributed by atoms with Crippen LogP contribution >= 0.6 is 0 Å². The Hall–Kier alpha value is -4.33. The molecule has 0 spiro atoms. The third kappa shape index (κ3) is 3.72. The van der Waals surface area contributed by atoms with Crippen LogP contribution in [0.15, 0.2) is 100.0 Å². The molecular weight excluding hydrogens is 370 g/mol. The van der Waals surface area contributed by atoms with E-state index in [4.69, 9.17) is 0 Å². The second-order valence-corrected chi connectivity index (χ2v) is 6.15. The lowest BCUT2D eigenvalue weighted by Crippen LogP contribution is -2.13. The van der Waals surface area contributed by atoms with Gasteiger partial charge in [-0.15, -0.1) is 5.11 Å². The van der Waals surface area contributed by atoms with E-state index < -0.39 is 4.92 Å². The molecule has 3 aromatic carbocycles. The first-order valence-electron chi connectivity index (χ1n) is 8.75. The number of hydrogen-bond donors (Lipinski definition) is 1. The molecule has 0 amide bonds. The maximum atomic E-state index is 13.0. The van der Waals surface area contributed by atoms with E-state index in [1.165, 1.54) is 16.8 Å². The van der Waals surface area contributed by atoms with Crippen molar-refractivity contribution in [2.75, 3.05) is 0 Å². The van der Waals surface area contributed by atoms with Gasteiger partial charge >= 0.3 is 0 Å². The average molecular weight is 385 g/mol. The number of rotatable bonds is 5. The first kappa shape index (κ1) is 18.1. The molecule has 4 rings (SSSR count). The number of para-hydroxylation sites is 1. The summed E-state index contributed by atoms with van der Waals surface area (Å²) in [7, 11) is 0. The minimum Gasteiger partial charge on any atom is -0.288 e. The highest BCUT2D eigenvalue weighted by Gasteiger charge is 2.18. The summed E-state index contributed by atoms with van der Waals surface area (Å²) in [6, 6.07) is 24.0. The Morgan fingerprint density at radius 2 is 1.45 bits per heavy atom. The SMILES string of the molecule is O=c1c(N=Nc2ccccc2)c(-c2ccc([N+](=O)[O-])cc2)[nH]n1-c1ccccc1. The van der Waals surface area contributed by atoms with E-state index in [2.05, 4.69) is 15.3 Å². The van der Waals surface area contributed by atoms with Crippen LogP contribution in [0.2, 0.25) is 0 Å². The number of aromatic amines is 1. The molecule has 0 radical (unpaired) electrons. The first-order chi connectivity index (χ1) is 14.1. The Morgan fingerprint density at radius 1 is 0.828 bits per heavy atom. The van der Waals surface area contributed by atoms with Gasteiger partial charge in [-0.25, -0.2) is 4.68 Å². The molecule has 0 saturated heterocycles. The molecule has 1 aromatic heterocycles. The molecule has 0 aliphatic carbocycles. The summed E-state index contributed by atoms with van der Waals surface area (Å²) in [5.74, 6) is 0. The highest BCUT2D eigenvalue weighted by molar-refractivity contribution is 5.72. The van der Waals surface area contributed by atoms with Crippen molar-refractivity contribution < 1.29 is 4.92 Å². The van der Waals surface area contributed by atoms with Gasteiger partial charge in [-0.1, -0.05) is 36.4 Å². The van der Waals surface area contributed by atoms with Crippen molar-refractivity contribution in [1.82, 2.24) is 9.78 Å². The van der Waals surface area contributed by atoms with Crippen LogP contribution in [0.25, 0.3) is 16.9 Å². The lowest BCUT2D eigenvalue weighted by Gasteiger charge is -2.01. The molecule has 0 fully saturated rings. The topological polar surface area (TPSA) is 106 Å². The van der Waals surface area contributed by atoms with Gasteiger partial charge in [0, 0.05) is 17.7 Å². The fourth-order valence-electron chi connectivity index (χ4n) is 2.83. The normalized spacial score (nSPS) is 11.0. The smallest absolute Gasteiger partial charge is 0.288 e. The highest BCUT2D eigenvalue weighted by Crippen LogP contribution is 2.29. The predicted octanol–water partition coefficient (Wildman–Crippen LogP) is 5.16. The molecule has 0 saturated carbocycles. The summed E-state index contributed by atoms with van der Waals surface area (Å²) in [4.78, 5) is 23.5. The maximum absolute atomic E-state index is 13.0. The third-order valence-electron chi connectivity index (χ3n) is 4.27. The lowest BCUT2D eigenvalue weighted by molar-refractivity contribution is -0.384. The number of hydrogen-bond acceptors (Lipinski definition) is 5. The van der Waals surface area contributed by atoms with E-state index in [0.717, 1.165) is 0 Å². The number of non-ortho nitro benzene ring substituents is 1. The Kier molecular flexibility index (Phi) is 4.81. The third-order valence-corrected chi connectivity index (χ3v) is 4.27. The summed E-state index contributed by atoms with van der Waals surface area (Å²) < 4.78 is 1.37. The zero-order valence-electron chi connectivity index (χ0n) is 15.1. The molecule has 4 aromatic rings. The number of nitrogens with zero attached hydrogens (tertiary/aromatic N) is 4. The molecule has 142 valence electrons. The van der Waals surface area contributed by atoms with E-state index in [1.54, 1.807) is 36.4 Å². The van der Waals surface area contributed by atoms with Crippen molar-refractivity contribution >= 4 is 17.1 Å². The lowest BCUT2D eigenvalue weighted by atomic mass is 10.1. The standard InChI is InChI=1S/C21H15N5O3/c27-21-20(23-22-16-7-3-1-4-8-16)19(15-11-13-18(14-12-15)26(28)29)24-25(21)17-9-5-2-6-10-17/h1-14,24H. The minimum absolute atomic E-state index is 0.0361. The van der Waals surface area contributed by atoms with Crippen LogP contribution in [-0.4, -0.2) is 14.7 Å². The van der Waals surface area contributed by atoms with Crippen molar-refractivity contribution in [2.45, 2.75) is 0 Å². The van der Waals surface area contributed by atoms with Gasteiger partial charge in [-0.3, -0.25) is 20.0 Å². The monoisotopic (exact) mass is 385 g/mol. The number of azo groups is 1. The van der Waals surface area contributed by atoms with Crippen LogP contribution in [0.5, 0.6) is 0 Å². The number of H-pyrrole nitrogens is 1. The van der Waals surface area contributed by atoms with Crippen molar-refractivity contribution in [3.05, 3.63) is 105 Å².